The van der Waals surface area contributed by atoms with E-state index in [0.29, 0.717) is 42.5 Å². The highest BCUT2D eigenvalue weighted by atomic mass is 16.5. The Kier molecular flexibility index (Phi) is 8.48. The quantitative estimate of drug-likeness (QED) is 0.595. The number of hydrogen-bond donors (Lipinski definition) is 2. The largest absolute Gasteiger partial charge is 0.490 e. The molecule has 29 heavy (non-hydrogen) atoms. The molecule has 0 spiro atoms. The lowest BCUT2D eigenvalue weighted by Crippen LogP contribution is -3.08. The Balaban J connectivity index is 1.96. The van der Waals surface area contributed by atoms with Gasteiger partial charge in [0, 0.05) is 17.3 Å². The van der Waals surface area contributed by atoms with Gasteiger partial charge in [-0.2, -0.15) is 0 Å². The molecule has 0 saturated carbocycles. The number of methoxy groups -OCH3 is 1. The molecular weight excluding hydrogens is 372 g/mol. The second kappa shape index (κ2) is 11.1. The second-order valence-corrected chi connectivity index (χ2v) is 6.58. The standard InChI is InChI=1S/C22H28N2O5/c1-5-28-19-11-10-18(13-20(19)29-6-2)23-21(25)15-24(3)14-16-8-7-9-17(12-16)22(26)27-4/h7-13H,5-6,14-15H2,1-4H3,(H,23,25)/p+1. The molecule has 0 radical (unpaired) electrons. The molecule has 0 aliphatic rings. The van der Waals surface area contributed by atoms with Crippen LogP contribution in [-0.4, -0.2) is 45.8 Å². The fraction of sp³-hybridized carbons (Fsp3) is 0.364. The molecule has 7 nitrogen and oxygen atoms in total. The number of benzene rings is 2. The van der Waals surface area contributed by atoms with Gasteiger partial charge in [0.25, 0.3) is 5.91 Å². The number of quaternary nitrogens is 1. The Morgan fingerprint density at radius 1 is 1.00 bits per heavy atom. The van der Waals surface area contributed by atoms with Crippen molar-refractivity contribution in [2.45, 2.75) is 20.4 Å². The third-order valence-electron chi connectivity index (χ3n) is 4.14. The van der Waals surface area contributed by atoms with Crippen LogP contribution in [0.1, 0.15) is 29.8 Å². The van der Waals surface area contributed by atoms with Crippen molar-refractivity contribution in [3.8, 4) is 11.5 Å². The topological polar surface area (TPSA) is 78.3 Å². The number of likely N-dealkylation sites (N-methyl/N-ethyl adjacent to an activating group) is 1. The molecule has 0 bridgehead atoms. The van der Waals surface area contributed by atoms with Gasteiger partial charge in [-0.25, -0.2) is 4.79 Å². The molecule has 0 aromatic heterocycles. The van der Waals surface area contributed by atoms with Crippen molar-refractivity contribution in [1.82, 2.24) is 0 Å². The molecule has 1 atom stereocenters. The minimum Gasteiger partial charge on any atom is -0.490 e. The molecule has 2 aromatic carbocycles. The van der Waals surface area contributed by atoms with Crippen LogP contribution in [0.15, 0.2) is 42.5 Å². The van der Waals surface area contributed by atoms with E-state index < -0.39 is 0 Å². The van der Waals surface area contributed by atoms with E-state index in [1.807, 2.05) is 33.0 Å². The molecule has 0 aliphatic carbocycles. The molecular formula is C22H29N2O5+. The van der Waals surface area contributed by atoms with E-state index in [4.69, 9.17) is 14.2 Å². The zero-order chi connectivity index (χ0) is 21.2. The zero-order valence-corrected chi connectivity index (χ0v) is 17.4. The summed E-state index contributed by atoms with van der Waals surface area (Å²) in [5, 5.41) is 2.90. The van der Waals surface area contributed by atoms with E-state index in [9.17, 15) is 9.59 Å². The zero-order valence-electron chi connectivity index (χ0n) is 17.4. The third-order valence-corrected chi connectivity index (χ3v) is 4.14. The van der Waals surface area contributed by atoms with E-state index in [1.54, 1.807) is 30.3 Å². The van der Waals surface area contributed by atoms with Crippen molar-refractivity contribution in [3.63, 3.8) is 0 Å². The molecule has 0 saturated heterocycles. The summed E-state index contributed by atoms with van der Waals surface area (Å²) in [7, 11) is 3.28. The Hall–Kier alpha value is -3.06. The van der Waals surface area contributed by atoms with Gasteiger partial charge in [0.2, 0.25) is 0 Å². The summed E-state index contributed by atoms with van der Waals surface area (Å²) < 4.78 is 15.9. The highest BCUT2D eigenvalue weighted by Crippen LogP contribution is 2.30. The number of rotatable bonds is 10. The van der Waals surface area contributed by atoms with E-state index in [2.05, 4.69) is 5.32 Å². The van der Waals surface area contributed by atoms with Gasteiger partial charge in [-0.15, -0.1) is 0 Å². The van der Waals surface area contributed by atoms with Crippen molar-refractivity contribution in [2.75, 3.05) is 39.2 Å². The SMILES string of the molecule is CCOc1ccc(NC(=O)C[NH+](C)Cc2cccc(C(=O)OC)c2)cc1OCC. The van der Waals surface area contributed by atoms with Gasteiger partial charge < -0.3 is 24.4 Å². The predicted molar refractivity (Wildman–Crippen MR) is 111 cm³/mol. The van der Waals surface area contributed by atoms with Gasteiger partial charge in [-0.1, -0.05) is 12.1 Å². The summed E-state index contributed by atoms with van der Waals surface area (Å²) in [4.78, 5) is 25.1. The summed E-state index contributed by atoms with van der Waals surface area (Å²) in [6, 6.07) is 12.6. The lowest BCUT2D eigenvalue weighted by Gasteiger charge is -2.15. The van der Waals surface area contributed by atoms with Crippen molar-refractivity contribution < 1.29 is 28.7 Å². The summed E-state index contributed by atoms with van der Waals surface area (Å²) >= 11 is 0. The first-order valence-electron chi connectivity index (χ1n) is 9.64. The van der Waals surface area contributed by atoms with Crippen LogP contribution in [0.2, 0.25) is 0 Å². The normalized spacial score (nSPS) is 11.4. The maximum atomic E-state index is 12.4. The van der Waals surface area contributed by atoms with Crippen LogP contribution in [-0.2, 0) is 16.1 Å². The lowest BCUT2D eigenvalue weighted by atomic mass is 10.1. The minimum absolute atomic E-state index is 0.113. The van der Waals surface area contributed by atoms with E-state index in [-0.39, 0.29) is 18.4 Å². The van der Waals surface area contributed by atoms with Crippen molar-refractivity contribution in [1.29, 1.82) is 0 Å². The number of anilines is 1. The van der Waals surface area contributed by atoms with Crippen LogP contribution >= 0.6 is 0 Å². The molecule has 0 fully saturated rings. The number of ether oxygens (including phenoxy) is 3. The second-order valence-electron chi connectivity index (χ2n) is 6.58. The van der Waals surface area contributed by atoms with Crippen LogP contribution in [0.4, 0.5) is 5.69 Å². The number of amides is 1. The van der Waals surface area contributed by atoms with Gasteiger partial charge in [0.1, 0.15) is 6.54 Å². The smallest absolute Gasteiger partial charge is 0.337 e. The molecule has 7 heteroatoms. The molecule has 2 rings (SSSR count). The third kappa shape index (κ3) is 6.80. The van der Waals surface area contributed by atoms with Crippen LogP contribution in [0, 0.1) is 0 Å². The Labute approximate surface area is 171 Å². The van der Waals surface area contributed by atoms with Gasteiger partial charge in [0.05, 0.1) is 32.9 Å². The Morgan fingerprint density at radius 3 is 2.41 bits per heavy atom. The molecule has 1 amide bonds. The predicted octanol–water partition coefficient (Wildman–Crippen LogP) is 1.92. The first kappa shape index (κ1) is 22.2. The number of carbonyl (C=O) groups excluding carboxylic acids is 2. The van der Waals surface area contributed by atoms with Crippen molar-refractivity contribution >= 4 is 17.6 Å². The molecule has 156 valence electrons. The summed E-state index contributed by atoms with van der Waals surface area (Å²) in [5.41, 5.74) is 2.11. The number of hydrogen-bond acceptors (Lipinski definition) is 5. The molecule has 0 heterocycles. The van der Waals surface area contributed by atoms with Crippen LogP contribution in [0.3, 0.4) is 0 Å². The van der Waals surface area contributed by atoms with E-state index >= 15 is 0 Å². The first-order valence-corrected chi connectivity index (χ1v) is 9.64. The Morgan fingerprint density at radius 2 is 1.72 bits per heavy atom. The lowest BCUT2D eigenvalue weighted by molar-refractivity contribution is -0.885. The average molecular weight is 401 g/mol. The molecule has 2 aromatic rings. The molecule has 2 N–H and O–H groups in total. The number of carbonyl (C=O) groups is 2. The highest BCUT2D eigenvalue weighted by Gasteiger charge is 2.14. The Bertz CT molecular complexity index is 838. The summed E-state index contributed by atoms with van der Waals surface area (Å²) in [5.74, 6) is 0.772. The monoisotopic (exact) mass is 401 g/mol. The van der Waals surface area contributed by atoms with Crippen LogP contribution in [0.5, 0.6) is 11.5 Å². The van der Waals surface area contributed by atoms with E-state index in [1.165, 1.54) is 7.11 Å². The van der Waals surface area contributed by atoms with Gasteiger partial charge in [-0.05, 0) is 38.1 Å². The van der Waals surface area contributed by atoms with Crippen molar-refractivity contribution in [3.05, 3.63) is 53.6 Å². The first-order chi connectivity index (χ1) is 14.0. The van der Waals surface area contributed by atoms with Crippen molar-refractivity contribution in [2.24, 2.45) is 0 Å². The maximum absolute atomic E-state index is 12.4. The van der Waals surface area contributed by atoms with Crippen LogP contribution in [0.25, 0.3) is 0 Å². The summed E-state index contributed by atoms with van der Waals surface area (Å²) in [6.07, 6.45) is 0. The molecule has 1 unspecified atom stereocenters. The average Bonchev–Trinajstić information content (AvgIpc) is 2.69. The summed E-state index contributed by atoms with van der Waals surface area (Å²) in [6.45, 7) is 5.73. The van der Waals surface area contributed by atoms with Gasteiger partial charge in [0.15, 0.2) is 18.0 Å². The van der Waals surface area contributed by atoms with E-state index in [0.717, 1.165) is 10.5 Å². The number of nitrogens with one attached hydrogen (secondary N) is 2. The molecule has 0 aliphatic heterocycles. The number of esters is 1. The minimum atomic E-state index is -0.372. The highest BCUT2D eigenvalue weighted by molar-refractivity contribution is 5.92. The maximum Gasteiger partial charge on any atom is 0.337 e. The van der Waals surface area contributed by atoms with Gasteiger partial charge in [-0.3, -0.25) is 4.79 Å². The van der Waals surface area contributed by atoms with Crippen LogP contribution < -0.4 is 19.7 Å². The van der Waals surface area contributed by atoms with Gasteiger partial charge >= 0.3 is 5.97 Å². The fourth-order valence-electron chi connectivity index (χ4n) is 2.95. The fourth-order valence-corrected chi connectivity index (χ4v) is 2.95.